The van der Waals surface area contributed by atoms with Crippen molar-refractivity contribution in [1.29, 1.82) is 0 Å². The van der Waals surface area contributed by atoms with E-state index in [9.17, 15) is 24.0 Å². The van der Waals surface area contributed by atoms with Gasteiger partial charge < -0.3 is 31.9 Å². The summed E-state index contributed by atoms with van der Waals surface area (Å²) in [4.78, 5) is 59.1. The van der Waals surface area contributed by atoms with E-state index in [4.69, 9.17) is 15.9 Å². The van der Waals surface area contributed by atoms with Gasteiger partial charge in [-0.05, 0) is 18.3 Å². The fourth-order valence-electron chi connectivity index (χ4n) is 2.34. The molecule has 12 heteroatoms. The van der Waals surface area contributed by atoms with E-state index in [2.05, 4.69) is 28.6 Å². The van der Waals surface area contributed by atoms with Crippen LogP contribution in [0.3, 0.4) is 0 Å². The Morgan fingerprint density at radius 3 is 1.77 bits per heavy atom. The molecule has 4 unspecified atom stereocenters. The topological polar surface area (TPSA) is 188 Å². The number of carbonyl (C=O) groups is 5. The Morgan fingerprint density at radius 1 is 0.833 bits per heavy atom. The van der Waals surface area contributed by atoms with Crippen LogP contribution in [-0.4, -0.2) is 69.8 Å². The summed E-state index contributed by atoms with van der Waals surface area (Å²) in [6.45, 7) is 6.93. The maximum atomic E-state index is 12.6. The Kier molecular flexibility index (Phi) is 12.0. The van der Waals surface area contributed by atoms with Gasteiger partial charge in [-0.1, -0.05) is 27.7 Å². The van der Waals surface area contributed by atoms with Crippen LogP contribution in [0.2, 0.25) is 0 Å². The van der Waals surface area contributed by atoms with Crippen LogP contribution in [0, 0.1) is 11.8 Å². The Bertz CT molecular complexity index is 642. The van der Waals surface area contributed by atoms with Crippen molar-refractivity contribution in [3.63, 3.8) is 0 Å². The van der Waals surface area contributed by atoms with Crippen LogP contribution in [0.5, 0.6) is 0 Å². The lowest BCUT2D eigenvalue weighted by Gasteiger charge is -2.27. The Labute approximate surface area is 180 Å². The minimum atomic E-state index is -1.43. The van der Waals surface area contributed by atoms with E-state index in [1.54, 1.807) is 27.7 Å². The van der Waals surface area contributed by atoms with Gasteiger partial charge in [0.25, 0.3) is 0 Å². The molecule has 0 aliphatic carbocycles. The minimum Gasteiger partial charge on any atom is -0.481 e. The lowest BCUT2D eigenvalue weighted by molar-refractivity contribution is -0.143. The molecule has 0 saturated heterocycles. The molecule has 30 heavy (non-hydrogen) atoms. The molecule has 0 spiro atoms. The van der Waals surface area contributed by atoms with Crippen LogP contribution in [0.4, 0.5) is 0 Å². The van der Waals surface area contributed by atoms with E-state index in [1.807, 2.05) is 0 Å². The average molecular weight is 449 g/mol. The van der Waals surface area contributed by atoms with E-state index >= 15 is 0 Å². The van der Waals surface area contributed by atoms with E-state index in [1.165, 1.54) is 0 Å². The summed E-state index contributed by atoms with van der Waals surface area (Å²) >= 11 is 4.01. The average Bonchev–Trinajstić information content (AvgIpc) is 2.65. The van der Waals surface area contributed by atoms with Crippen LogP contribution < -0.4 is 21.7 Å². The zero-order chi connectivity index (χ0) is 23.6. The summed E-state index contributed by atoms with van der Waals surface area (Å²) in [6, 6.07) is -4.41. The standard InChI is InChI=1S/C18H32N4O7S/c1-8(2)13(19)16(26)22-14(9(3)4)17(27)21-11(7-30)15(25)20-10(18(28)29)5-6-12(23)24/h8-11,13-14,30H,5-7,19H2,1-4H3,(H,20,25)(H,21,27)(H,22,26)(H,23,24)(H,28,29). The van der Waals surface area contributed by atoms with Gasteiger partial charge in [0.2, 0.25) is 17.7 Å². The van der Waals surface area contributed by atoms with Gasteiger partial charge in [-0.3, -0.25) is 19.2 Å². The lowest BCUT2D eigenvalue weighted by atomic mass is 10.00. The first-order valence-corrected chi connectivity index (χ1v) is 10.2. The molecule has 0 fully saturated rings. The molecule has 0 aromatic carbocycles. The number of carboxylic acids is 2. The lowest BCUT2D eigenvalue weighted by Crippen LogP contribution is -2.59. The highest BCUT2D eigenvalue weighted by Gasteiger charge is 2.31. The molecule has 3 amide bonds. The molecular formula is C18H32N4O7S. The molecule has 7 N–H and O–H groups in total. The number of hydrogen-bond acceptors (Lipinski definition) is 7. The summed E-state index contributed by atoms with van der Waals surface area (Å²) in [7, 11) is 0. The summed E-state index contributed by atoms with van der Waals surface area (Å²) in [5.74, 6) is -5.20. The van der Waals surface area contributed by atoms with Gasteiger partial charge in [0.15, 0.2) is 0 Å². The van der Waals surface area contributed by atoms with E-state index < -0.39 is 60.2 Å². The number of carboxylic acid groups (broad SMARTS) is 2. The molecule has 0 aliphatic rings. The zero-order valence-electron chi connectivity index (χ0n) is 17.5. The van der Waals surface area contributed by atoms with Crippen molar-refractivity contribution in [1.82, 2.24) is 16.0 Å². The molecule has 0 aromatic rings. The first-order chi connectivity index (χ1) is 13.8. The minimum absolute atomic E-state index is 0.143. The number of amides is 3. The number of aliphatic carboxylic acids is 2. The fraction of sp³-hybridized carbons (Fsp3) is 0.722. The highest BCUT2D eigenvalue weighted by atomic mass is 32.1. The normalized spacial score (nSPS) is 15.1. The maximum absolute atomic E-state index is 12.6. The smallest absolute Gasteiger partial charge is 0.326 e. The number of carbonyl (C=O) groups excluding carboxylic acids is 3. The van der Waals surface area contributed by atoms with E-state index in [-0.39, 0.29) is 24.0 Å². The molecule has 4 atom stereocenters. The second-order valence-electron chi connectivity index (χ2n) is 7.58. The van der Waals surface area contributed by atoms with E-state index in [0.717, 1.165) is 0 Å². The summed E-state index contributed by atoms with van der Waals surface area (Å²) in [5, 5.41) is 25.0. The quantitative estimate of drug-likeness (QED) is 0.174. The van der Waals surface area contributed by atoms with Crippen LogP contribution in [0.1, 0.15) is 40.5 Å². The molecule has 0 radical (unpaired) electrons. The Hall–Kier alpha value is -2.34. The molecule has 172 valence electrons. The van der Waals surface area contributed by atoms with Crippen LogP contribution >= 0.6 is 12.6 Å². The fourth-order valence-corrected chi connectivity index (χ4v) is 2.60. The molecule has 0 aliphatic heterocycles. The molecular weight excluding hydrogens is 416 g/mol. The summed E-state index contributed by atoms with van der Waals surface area (Å²) < 4.78 is 0. The van der Waals surface area contributed by atoms with Gasteiger partial charge in [0, 0.05) is 12.2 Å². The number of hydrogen-bond donors (Lipinski definition) is 7. The van der Waals surface area contributed by atoms with Crippen molar-refractivity contribution in [2.45, 2.75) is 64.7 Å². The van der Waals surface area contributed by atoms with Gasteiger partial charge in [0.1, 0.15) is 18.1 Å². The predicted molar refractivity (Wildman–Crippen MR) is 112 cm³/mol. The second kappa shape index (κ2) is 13.1. The number of nitrogens with two attached hydrogens (primary N) is 1. The number of nitrogens with one attached hydrogen (secondary N) is 3. The molecule has 0 saturated carbocycles. The molecule has 0 bridgehead atoms. The van der Waals surface area contributed by atoms with Crippen molar-refractivity contribution in [3.8, 4) is 0 Å². The summed E-state index contributed by atoms with van der Waals surface area (Å²) in [5.41, 5.74) is 5.80. The van der Waals surface area contributed by atoms with Gasteiger partial charge in [-0.25, -0.2) is 4.79 Å². The number of rotatable bonds is 13. The van der Waals surface area contributed by atoms with Crippen LogP contribution in [-0.2, 0) is 24.0 Å². The van der Waals surface area contributed by atoms with Crippen molar-refractivity contribution in [2.24, 2.45) is 17.6 Å². The van der Waals surface area contributed by atoms with Crippen molar-refractivity contribution < 1.29 is 34.2 Å². The molecule has 11 nitrogen and oxygen atoms in total. The second-order valence-corrected chi connectivity index (χ2v) is 7.94. The van der Waals surface area contributed by atoms with Crippen LogP contribution in [0.15, 0.2) is 0 Å². The highest BCUT2D eigenvalue weighted by Crippen LogP contribution is 2.06. The van der Waals surface area contributed by atoms with E-state index in [0.29, 0.717) is 0 Å². The zero-order valence-corrected chi connectivity index (χ0v) is 18.4. The van der Waals surface area contributed by atoms with Crippen molar-refractivity contribution >= 4 is 42.3 Å². The maximum Gasteiger partial charge on any atom is 0.326 e. The first-order valence-electron chi connectivity index (χ1n) is 9.53. The SMILES string of the molecule is CC(C)C(N)C(=O)NC(C(=O)NC(CS)C(=O)NC(CCC(=O)O)C(=O)O)C(C)C. The predicted octanol–water partition coefficient (Wildman–Crippen LogP) is -1.04. The summed E-state index contributed by atoms with van der Waals surface area (Å²) in [6.07, 6.45) is -0.770. The van der Waals surface area contributed by atoms with Gasteiger partial charge in [0.05, 0.1) is 6.04 Å². The number of thiol groups is 1. The molecule has 0 heterocycles. The molecule has 0 aromatic heterocycles. The monoisotopic (exact) mass is 448 g/mol. The third-order valence-electron chi connectivity index (χ3n) is 4.34. The molecule has 0 rings (SSSR count). The Balaban J connectivity index is 5.17. The highest BCUT2D eigenvalue weighted by molar-refractivity contribution is 7.80. The van der Waals surface area contributed by atoms with Crippen molar-refractivity contribution in [2.75, 3.05) is 5.75 Å². The Morgan fingerprint density at radius 2 is 1.37 bits per heavy atom. The third kappa shape index (κ3) is 9.44. The first kappa shape index (κ1) is 27.7. The van der Waals surface area contributed by atoms with Crippen LogP contribution in [0.25, 0.3) is 0 Å². The van der Waals surface area contributed by atoms with Crippen molar-refractivity contribution in [3.05, 3.63) is 0 Å². The third-order valence-corrected chi connectivity index (χ3v) is 4.71. The largest absolute Gasteiger partial charge is 0.481 e. The van der Waals surface area contributed by atoms with Gasteiger partial charge in [-0.15, -0.1) is 0 Å². The van der Waals surface area contributed by atoms with Gasteiger partial charge >= 0.3 is 11.9 Å². The van der Waals surface area contributed by atoms with Gasteiger partial charge in [-0.2, -0.15) is 12.6 Å².